The van der Waals surface area contributed by atoms with Crippen molar-refractivity contribution in [2.45, 2.75) is 45.1 Å². The van der Waals surface area contributed by atoms with Crippen molar-refractivity contribution in [3.63, 3.8) is 0 Å². The summed E-state index contributed by atoms with van der Waals surface area (Å²) in [6, 6.07) is 0. The minimum Gasteiger partial charge on any atom is -0.393 e. The van der Waals surface area contributed by atoms with E-state index in [1.807, 2.05) is 0 Å². The van der Waals surface area contributed by atoms with Crippen LogP contribution in [0.3, 0.4) is 0 Å². The van der Waals surface area contributed by atoms with Gasteiger partial charge in [0.05, 0.1) is 6.10 Å². The molecular formula is C10H18O. The highest BCUT2D eigenvalue weighted by Crippen LogP contribution is 2.28. The monoisotopic (exact) mass is 154 g/mol. The molecule has 0 aromatic carbocycles. The first-order valence-electron chi connectivity index (χ1n) is 4.66. The quantitative estimate of drug-likeness (QED) is 0.619. The summed E-state index contributed by atoms with van der Waals surface area (Å²) in [7, 11) is 0. The smallest absolute Gasteiger partial charge is 0.0543 e. The highest BCUT2D eigenvalue weighted by Gasteiger charge is 2.20. The van der Waals surface area contributed by atoms with Crippen LogP contribution in [0.25, 0.3) is 0 Å². The van der Waals surface area contributed by atoms with E-state index in [0.29, 0.717) is 0 Å². The Morgan fingerprint density at radius 2 is 2.18 bits per heavy atom. The van der Waals surface area contributed by atoms with Gasteiger partial charge in [-0.15, -0.1) is 0 Å². The van der Waals surface area contributed by atoms with Crippen LogP contribution in [0.4, 0.5) is 0 Å². The zero-order valence-corrected chi connectivity index (χ0v) is 7.29. The van der Waals surface area contributed by atoms with E-state index < -0.39 is 0 Å². The van der Waals surface area contributed by atoms with Gasteiger partial charge in [-0.05, 0) is 38.0 Å². The van der Waals surface area contributed by atoms with Crippen molar-refractivity contribution >= 4 is 0 Å². The maximum atomic E-state index is 9.23. The minimum absolute atomic E-state index is 0.00461. The van der Waals surface area contributed by atoms with Gasteiger partial charge in [0.25, 0.3) is 0 Å². The minimum atomic E-state index is -0.00461. The third kappa shape index (κ3) is 3.06. The molecule has 64 valence electrons. The van der Waals surface area contributed by atoms with E-state index >= 15 is 0 Å². The maximum Gasteiger partial charge on any atom is 0.0543 e. The molecule has 2 atom stereocenters. The van der Waals surface area contributed by atoms with Crippen LogP contribution in [-0.4, -0.2) is 11.2 Å². The molecule has 0 bridgehead atoms. The fourth-order valence-electron chi connectivity index (χ4n) is 1.72. The van der Waals surface area contributed by atoms with Gasteiger partial charge in [0, 0.05) is 0 Å². The molecule has 1 saturated carbocycles. The first-order valence-corrected chi connectivity index (χ1v) is 4.66. The van der Waals surface area contributed by atoms with Crippen molar-refractivity contribution in [2.24, 2.45) is 5.92 Å². The summed E-state index contributed by atoms with van der Waals surface area (Å²) in [5.74, 6) is 0.757. The van der Waals surface area contributed by atoms with Gasteiger partial charge in [0.15, 0.2) is 0 Å². The molecule has 0 aromatic rings. The summed E-state index contributed by atoms with van der Waals surface area (Å²) in [6.07, 6.45) is 10.0. The van der Waals surface area contributed by atoms with Gasteiger partial charge in [-0.2, -0.15) is 0 Å². The topological polar surface area (TPSA) is 20.2 Å². The zero-order chi connectivity index (χ0) is 8.10. The molecule has 1 heteroatoms. The lowest BCUT2D eigenvalue weighted by atomic mass is 10.0. The van der Waals surface area contributed by atoms with Gasteiger partial charge in [0.2, 0.25) is 0 Å². The lowest BCUT2D eigenvalue weighted by molar-refractivity contribution is 0.178. The average Bonchev–Trinajstić information content (AvgIpc) is 2.37. The summed E-state index contributed by atoms with van der Waals surface area (Å²) < 4.78 is 0. The molecule has 11 heavy (non-hydrogen) atoms. The SMILES string of the molecule is CC/C=C/CC1CCC(O)C1. The van der Waals surface area contributed by atoms with Crippen molar-refractivity contribution in [2.75, 3.05) is 0 Å². The van der Waals surface area contributed by atoms with E-state index in [2.05, 4.69) is 19.1 Å². The van der Waals surface area contributed by atoms with E-state index in [4.69, 9.17) is 0 Å². The first kappa shape index (κ1) is 8.79. The second kappa shape index (κ2) is 4.55. The molecule has 0 aromatic heterocycles. The van der Waals surface area contributed by atoms with Gasteiger partial charge in [-0.3, -0.25) is 0 Å². The summed E-state index contributed by atoms with van der Waals surface area (Å²) in [6.45, 7) is 2.15. The van der Waals surface area contributed by atoms with Crippen molar-refractivity contribution < 1.29 is 5.11 Å². The van der Waals surface area contributed by atoms with Crippen LogP contribution in [0, 0.1) is 5.92 Å². The molecule has 1 nitrogen and oxygen atoms in total. The van der Waals surface area contributed by atoms with Crippen molar-refractivity contribution in [1.82, 2.24) is 0 Å². The van der Waals surface area contributed by atoms with Gasteiger partial charge in [-0.25, -0.2) is 0 Å². The molecule has 1 N–H and O–H groups in total. The molecule has 1 aliphatic rings. The molecule has 0 radical (unpaired) electrons. The number of aliphatic hydroxyl groups excluding tert-OH is 1. The lowest BCUT2D eigenvalue weighted by Crippen LogP contribution is -1.99. The second-order valence-corrected chi connectivity index (χ2v) is 3.45. The molecule has 0 amide bonds. The predicted molar refractivity (Wildman–Crippen MR) is 47.4 cm³/mol. The van der Waals surface area contributed by atoms with E-state index in [0.717, 1.165) is 25.2 Å². The first-order chi connectivity index (χ1) is 5.33. The van der Waals surface area contributed by atoms with E-state index in [9.17, 15) is 5.11 Å². The van der Waals surface area contributed by atoms with Crippen molar-refractivity contribution in [1.29, 1.82) is 0 Å². The van der Waals surface area contributed by atoms with Crippen LogP contribution in [0.15, 0.2) is 12.2 Å². The van der Waals surface area contributed by atoms with Crippen LogP contribution >= 0.6 is 0 Å². The van der Waals surface area contributed by atoms with Crippen LogP contribution < -0.4 is 0 Å². The van der Waals surface area contributed by atoms with Crippen molar-refractivity contribution in [3.8, 4) is 0 Å². The summed E-state index contributed by atoms with van der Waals surface area (Å²) in [5.41, 5.74) is 0. The van der Waals surface area contributed by atoms with Gasteiger partial charge in [0.1, 0.15) is 0 Å². The van der Waals surface area contributed by atoms with Crippen LogP contribution in [0.2, 0.25) is 0 Å². The summed E-state index contributed by atoms with van der Waals surface area (Å²) in [5, 5.41) is 9.23. The lowest BCUT2D eigenvalue weighted by Gasteiger charge is -2.03. The number of hydrogen-bond donors (Lipinski definition) is 1. The number of allylic oxidation sites excluding steroid dienone is 2. The number of rotatable bonds is 3. The average molecular weight is 154 g/mol. The molecule has 0 heterocycles. The molecule has 2 unspecified atom stereocenters. The van der Waals surface area contributed by atoms with Crippen LogP contribution in [0.5, 0.6) is 0 Å². The van der Waals surface area contributed by atoms with Crippen LogP contribution in [-0.2, 0) is 0 Å². The Kier molecular flexibility index (Phi) is 3.64. The van der Waals surface area contributed by atoms with Gasteiger partial charge >= 0.3 is 0 Å². The molecule has 0 saturated heterocycles. The predicted octanol–water partition coefficient (Wildman–Crippen LogP) is 2.50. The molecule has 0 spiro atoms. The molecule has 1 aliphatic carbocycles. The normalized spacial score (nSPS) is 31.8. The van der Waals surface area contributed by atoms with Gasteiger partial charge in [-0.1, -0.05) is 19.1 Å². The highest BCUT2D eigenvalue weighted by atomic mass is 16.3. The molecule has 1 fully saturated rings. The fraction of sp³-hybridized carbons (Fsp3) is 0.800. The van der Waals surface area contributed by atoms with E-state index in [1.54, 1.807) is 0 Å². The highest BCUT2D eigenvalue weighted by molar-refractivity contribution is 4.86. The Labute approximate surface area is 69.1 Å². The molecule has 0 aliphatic heterocycles. The van der Waals surface area contributed by atoms with Gasteiger partial charge < -0.3 is 5.11 Å². The largest absolute Gasteiger partial charge is 0.393 e. The van der Waals surface area contributed by atoms with Crippen molar-refractivity contribution in [3.05, 3.63) is 12.2 Å². The fourth-order valence-corrected chi connectivity index (χ4v) is 1.72. The Bertz CT molecular complexity index is 129. The molecular weight excluding hydrogens is 136 g/mol. The van der Waals surface area contributed by atoms with E-state index in [-0.39, 0.29) is 6.10 Å². The standard InChI is InChI=1S/C10H18O/c1-2-3-4-5-9-6-7-10(11)8-9/h3-4,9-11H,2,5-8H2,1H3/b4-3+. The Morgan fingerprint density at radius 3 is 2.73 bits per heavy atom. The maximum absolute atomic E-state index is 9.23. The third-order valence-electron chi connectivity index (χ3n) is 2.39. The number of hydrogen-bond acceptors (Lipinski definition) is 1. The summed E-state index contributed by atoms with van der Waals surface area (Å²) in [4.78, 5) is 0. The Hall–Kier alpha value is -0.300. The number of aliphatic hydroxyl groups is 1. The molecule has 1 rings (SSSR count). The second-order valence-electron chi connectivity index (χ2n) is 3.45. The van der Waals surface area contributed by atoms with E-state index in [1.165, 1.54) is 12.8 Å². The Balaban J connectivity index is 2.13. The zero-order valence-electron chi connectivity index (χ0n) is 7.29. The third-order valence-corrected chi connectivity index (χ3v) is 2.39. The Morgan fingerprint density at radius 1 is 1.36 bits per heavy atom. The van der Waals surface area contributed by atoms with Crippen LogP contribution in [0.1, 0.15) is 39.0 Å². The summed E-state index contributed by atoms with van der Waals surface area (Å²) >= 11 is 0.